The Morgan fingerprint density at radius 2 is 1.70 bits per heavy atom. The van der Waals surface area contributed by atoms with Crippen LogP contribution >= 0.6 is 11.6 Å². The highest BCUT2D eigenvalue weighted by molar-refractivity contribution is 6.43. The Labute approximate surface area is 256 Å². The van der Waals surface area contributed by atoms with Crippen LogP contribution in [0.3, 0.4) is 0 Å². The fourth-order valence-electron chi connectivity index (χ4n) is 3.82. The van der Waals surface area contributed by atoms with E-state index >= 15 is 0 Å². The van der Waals surface area contributed by atoms with Crippen molar-refractivity contribution in [1.82, 2.24) is 24.7 Å². The number of methoxy groups -OCH3 is 1. The first-order valence-electron chi connectivity index (χ1n) is 13.3. The van der Waals surface area contributed by atoms with E-state index < -0.39 is 11.7 Å². The number of carbonyl (C=O) groups is 3. The van der Waals surface area contributed by atoms with Gasteiger partial charge in [0.25, 0.3) is 17.6 Å². The van der Waals surface area contributed by atoms with Crippen molar-refractivity contribution in [2.45, 2.75) is 0 Å². The average molecular weight is 609 g/mol. The third-order valence-corrected chi connectivity index (χ3v) is 6.46. The second-order valence-corrected chi connectivity index (χ2v) is 10.6. The number of likely N-dealkylation sites (N-methyl/N-ethyl adjacent to an activating group) is 3. The predicted molar refractivity (Wildman–Crippen MR) is 170 cm³/mol. The Bertz CT molecular complexity index is 1490. The number of benzene rings is 2. The molecule has 43 heavy (non-hydrogen) atoms. The summed E-state index contributed by atoms with van der Waals surface area (Å²) in [6.07, 6.45) is 1.39. The lowest BCUT2D eigenvalue weighted by atomic mass is 10.1. The number of Topliss-reactive ketones (excluding diaryl/α,β-unsaturated/α-hetero) is 1. The van der Waals surface area contributed by atoms with Crippen LogP contribution in [-0.4, -0.2) is 104 Å². The van der Waals surface area contributed by atoms with E-state index in [-0.39, 0.29) is 28.3 Å². The standard InChI is InChI=1S/C30H37ClN8O4/c1-19(18-39(6)15-14-37(2)3)28(41)33-20-12-13-25(43-7)24(16-20)35-30-32-17-22(31)27(36-30)34-23-11-9-8-10-21(23)26(40)29(42)38(4)5/h8-13,16-17H,1,14-15,18H2,2-7H3,(H,33,41)(H2,32,34,35,36). The Hall–Kier alpha value is -4.52. The van der Waals surface area contributed by atoms with E-state index in [1.165, 1.54) is 32.3 Å². The molecule has 2 amide bonds. The van der Waals surface area contributed by atoms with E-state index in [9.17, 15) is 14.4 Å². The third kappa shape index (κ3) is 9.23. The molecule has 3 aromatic rings. The molecule has 0 spiro atoms. The van der Waals surface area contributed by atoms with Crippen LogP contribution in [0.25, 0.3) is 0 Å². The highest BCUT2D eigenvalue weighted by Crippen LogP contribution is 2.32. The van der Waals surface area contributed by atoms with E-state index in [2.05, 4.69) is 37.4 Å². The quantitative estimate of drug-likeness (QED) is 0.141. The number of carbonyl (C=O) groups excluding carboxylic acids is 3. The largest absolute Gasteiger partial charge is 0.495 e. The van der Waals surface area contributed by atoms with Gasteiger partial charge in [0.05, 0.1) is 30.2 Å². The van der Waals surface area contributed by atoms with E-state index in [1.54, 1.807) is 42.5 Å². The molecule has 0 bridgehead atoms. The van der Waals surface area contributed by atoms with Crippen LogP contribution in [0.4, 0.5) is 28.8 Å². The summed E-state index contributed by atoms with van der Waals surface area (Å²) in [5.74, 6) is -0.800. The molecule has 0 aliphatic heterocycles. The molecule has 0 saturated carbocycles. The minimum atomic E-state index is -0.678. The van der Waals surface area contributed by atoms with E-state index in [0.717, 1.165) is 13.1 Å². The van der Waals surface area contributed by atoms with Gasteiger partial charge in [0, 0.05) is 45.0 Å². The summed E-state index contributed by atoms with van der Waals surface area (Å²) in [5.41, 5.74) is 1.93. The van der Waals surface area contributed by atoms with Crippen LogP contribution in [0.5, 0.6) is 5.75 Å². The van der Waals surface area contributed by atoms with Crippen LogP contribution in [-0.2, 0) is 9.59 Å². The number of aromatic nitrogens is 2. The molecule has 3 N–H and O–H groups in total. The van der Waals surface area contributed by atoms with Crippen molar-refractivity contribution in [3.8, 4) is 5.75 Å². The van der Waals surface area contributed by atoms with Gasteiger partial charge in [0.1, 0.15) is 10.8 Å². The number of nitrogens with zero attached hydrogens (tertiary/aromatic N) is 5. The highest BCUT2D eigenvalue weighted by atomic mass is 35.5. The second-order valence-electron chi connectivity index (χ2n) is 10.2. The van der Waals surface area contributed by atoms with Gasteiger partial charge in [-0.25, -0.2) is 4.98 Å². The molecule has 3 rings (SSSR count). The minimum Gasteiger partial charge on any atom is -0.495 e. The minimum absolute atomic E-state index is 0.161. The maximum absolute atomic E-state index is 12.8. The normalized spacial score (nSPS) is 10.8. The molecule has 0 radical (unpaired) electrons. The summed E-state index contributed by atoms with van der Waals surface area (Å²) in [6.45, 7) is 6.02. The number of ether oxygens (including phenoxy) is 1. The fraction of sp³-hybridized carbons (Fsp3) is 0.300. The lowest BCUT2D eigenvalue weighted by Crippen LogP contribution is -2.32. The van der Waals surface area contributed by atoms with Crippen molar-refractivity contribution in [3.63, 3.8) is 0 Å². The summed E-state index contributed by atoms with van der Waals surface area (Å²) in [5, 5.41) is 9.18. The first kappa shape index (κ1) is 33.0. The molecule has 12 nitrogen and oxygen atoms in total. The fourth-order valence-corrected chi connectivity index (χ4v) is 3.96. The highest BCUT2D eigenvalue weighted by Gasteiger charge is 2.22. The predicted octanol–water partition coefficient (Wildman–Crippen LogP) is 3.88. The van der Waals surface area contributed by atoms with Crippen LogP contribution in [0.15, 0.2) is 60.8 Å². The summed E-state index contributed by atoms with van der Waals surface area (Å²) in [4.78, 5) is 51.9. The van der Waals surface area contributed by atoms with Gasteiger partial charge in [-0.1, -0.05) is 30.3 Å². The maximum Gasteiger partial charge on any atom is 0.294 e. The van der Waals surface area contributed by atoms with Gasteiger partial charge < -0.3 is 35.4 Å². The lowest BCUT2D eigenvalue weighted by Gasteiger charge is -2.20. The smallest absolute Gasteiger partial charge is 0.294 e. The lowest BCUT2D eigenvalue weighted by molar-refractivity contribution is -0.124. The van der Waals surface area contributed by atoms with Gasteiger partial charge in [-0.3, -0.25) is 14.4 Å². The van der Waals surface area contributed by atoms with Gasteiger partial charge in [-0.2, -0.15) is 4.98 Å². The summed E-state index contributed by atoms with van der Waals surface area (Å²) >= 11 is 6.37. The van der Waals surface area contributed by atoms with Gasteiger partial charge in [0.2, 0.25) is 5.95 Å². The van der Waals surface area contributed by atoms with Crippen molar-refractivity contribution in [3.05, 3.63) is 71.4 Å². The summed E-state index contributed by atoms with van der Waals surface area (Å²) in [6, 6.07) is 11.7. The van der Waals surface area contributed by atoms with Crippen molar-refractivity contribution < 1.29 is 19.1 Å². The monoisotopic (exact) mass is 608 g/mol. The molecule has 228 valence electrons. The Morgan fingerprint density at radius 1 is 0.977 bits per heavy atom. The van der Waals surface area contributed by atoms with Crippen LogP contribution in [0.1, 0.15) is 10.4 Å². The van der Waals surface area contributed by atoms with Crippen molar-refractivity contribution in [1.29, 1.82) is 0 Å². The zero-order valence-corrected chi connectivity index (χ0v) is 26.0. The average Bonchev–Trinajstić information content (AvgIpc) is 2.97. The topological polar surface area (TPSA) is 132 Å². The van der Waals surface area contributed by atoms with E-state index in [4.69, 9.17) is 16.3 Å². The number of para-hydroxylation sites is 1. The molecule has 2 aromatic carbocycles. The zero-order chi connectivity index (χ0) is 31.7. The van der Waals surface area contributed by atoms with E-state index in [1.807, 2.05) is 26.0 Å². The molecule has 0 aliphatic carbocycles. The van der Waals surface area contributed by atoms with Crippen LogP contribution in [0.2, 0.25) is 5.02 Å². The summed E-state index contributed by atoms with van der Waals surface area (Å²) in [7, 11) is 10.5. The first-order valence-corrected chi connectivity index (χ1v) is 13.7. The number of amides is 2. The molecule has 1 heterocycles. The van der Waals surface area contributed by atoms with Crippen LogP contribution < -0.4 is 20.7 Å². The molecule has 1 aromatic heterocycles. The molecular formula is C30H37ClN8O4. The number of nitrogens with one attached hydrogen (secondary N) is 3. The maximum atomic E-state index is 12.8. The first-order chi connectivity index (χ1) is 20.4. The number of rotatable bonds is 14. The van der Waals surface area contributed by atoms with Crippen molar-refractivity contribution in [2.75, 3.05) is 77.9 Å². The van der Waals surface area contributed by atoms with Crippen LogP contribution in [0, 0.1) is 0 Å². The molecular weight excluding hydrogens is 572 g/mol. The SMILES string of the molecule is C=C(CN(C)CCN(C)C)C(=O)Nc1ccc(OC)c(Nc2ncc(Cl)c(Nc3ccccc3C(=O)C(=O)N(C)C)n2)c1. The van der Waals surface area contributed by atoms with Crippen molar-refractivity contribution >= 4 is 58.0 Å². The van der Waals surface area contributed by atoms with Gasteiger partial charge in [0.15, 0.2) is 5.82 Å². The molecule has 0 saturated heterocycles. The Morgan fingerprint density at radius 3 is 2.37 bits per heavy atom. The van der Waals surface area contributed by atoms with E-state index in [0.29, 0.717) is 34.9 Å². The number of anilines is 5. The number of ketones is 1. The zero-order valence-electron chi connectivity index (χ0n) is 25.2. The second kappa shape index (κ2) is 15.1. The molecule has 0 unspecified atom stereocenters. The molecule has 0 aliphatic rings. The summed E-state index contributed by atoms with van der Waals surface area (Å²) < 4.78 is 5.48. The number of hydrogen-bond donors (Lipinski definition) is 3. The molecule has 13 heteroatoms. The van der Waals surface area contributed by atoms with Gasteiger partial charge in [-0.05, 0) is 51.5 Å². The van der Waals surface area contributed by atoms with Crippen molar-refractivity contribution in [2.24, 2.45) is 0 Å². The number of halogens is 1. The number of hydrogen-bond acceptors (Lipinski definition) is 10. The molecule has 0 atom stereocenters. The molecule has 0 fully saturated rings. The Balaban J connectivity index is 1.79. The van der Waals surface area contributed by atoms with Gasteiger partial charge in [-0.15, -0.1) is 0 Å². The van der Waals surface area contributed by atoms with Gasteiger partial charge >= 0.3 is 0 Å². The third-order valence-electron chi connectivity index (χ3n) is 6.18. The Kier molecular flexibility index (Phi) is 11.6.